The molecule has 6 heteroatoms. The quantitative estimate of drug-likeness (QED) is 0.676. The van der Waals surface area contributed by atoms with Gasteiger partial charge >= 0.3 is 0 Å². The number of nitrogens with one attached hydrogen (secondary N) is 2. The molecule has 0 aromatic rings. The van der Waals surface area contributed by atoms with Gasteiger partial charge in [0.25, 0.3) is 0 Å². The van der Waals surface area contributed by atoms with Gasteiger partial charge in [-0.3, -0.25) is 14.9 Å². The number of rotatable bonds is 3. The number of hydrogen-bond acceptors (Lipinski definition) is 4. The molecule has 2 fully saturated rings. The van der Waals surface area contributed by atoms with Gasteiger partial charge in [-0.05, 0) is 18.8 Å². The number of piperazine rings is 1. The molecule has 2 aliphatic heterocycles. The topological polar surface area (TPSA) is 70.7 Å². The van der Waals surface area contributed by atoms with Crippen molar-refractivity contribution < 1.29 is 14.3 Å². The van der Waals surface area contributed by atoms with E-state index in [1.165, 1.54) is 0 Å². The number of hydrogen-bond donors (Lipinski definition) is 2. The van der Waals surface area contributed by atoms with Gasteiger partial charge in [0.2, 0.25) is 11.8 Å². The van der Waals surface area contributed by atoms with Crippen LogP contribution in [-0.4, -0.2) is 62.7 Å². The third kappa shape index (κ3) is 3.43. The van der Waals surface area contributed by atoms with Crippen molar-refractivity contribution in [2.24, 2.45) is 5.92 Å². The van der Waals surface area contributed by atoms with E-state index in [-0.39, 0.29) is 24.4 Å². The van der Waals surface area contributed by atoms with E-state index >= 15 is 0 Å². The lowest BCUT2D eigenvalue weighted by Gasteiger charge is -2.31. The number of likely N-dealkylation sites (N-methyl/N-ethyl adjacent to an activating group) is 1. The molecule has 0 radical (unpaired) electrons. The fourth-order valence-electron chi connectivity index (χ4n) is 2.41. The highest BCUT2D eigenvalue weighted by Crippen LogP contribution is 2.15. The maximum Gasteiger partial charge on any atom is 0.241 e. The van der Waals surface area contributed by atoms with Crippen LogP contribution in [0.25, 0.3) is 0 Å². The van der Waals surface area contributed by atoms with E-state index in [9.17, 15) is 9.59 Å². The van der Waals surface area contributed by atoms with Crippen molar-refractivity contribution in [2.75, 3.05) is 39.9 Å². The van der Waals surface area contributed by atoms with Gasteiger partial charge in [0.1, 0.15) is 6.04 Å². The Bertz CT molecular complexity index is 306. The molecule has 6 nitrogen and oxygen atoms in total. The van der Waals surface area contributed by atoms with Crippen molar-refractivity contribution in [2.45, 2.75) is 18.9 Å². The highest BCUT2D eigenvalue weighted by atomic mass is 16.5. The highest BCUT2D eigenvalue weighted by molar-refractivity contribution is 5.86. The number of amides is 2. The van der Waals surface area contributed by atoms with E-state index in [1.54, 1.807) is 4.90 Å². The number of nitrogens with zero attached hydrogens (tertiary/aromatic N) is 1. The van der Waals surface area contributed by atoms with Crippen LogP contribution in [0.4, 0.5) is 0 Å². The first kappa shape index (κ1) is 13.3. The van der Waals surface area contributed by atoms with Gasteiger partial charge in [-0.25, -0.2) is 0 Å². The van der Waals surface area contributed by atoms with Gasteiger partial charge in [0.15, 0.2) is 0 Å². The molecule has 1 unspecified atom stereocenters. The Balaban J connectivity index is 1.78. The minimum absolute atomic E-state index is 0.0499. The molecule has 0 aromatic heterocycles. The van der Waals surface area contributed by atoms with E-state index in [0.717, 1.165) is 32.6 Å². The summed E-state index contributed by atoms with van der Waals surface area (Å²) in [6.45, 7) is 2.97. The van der Waals surface area contributed by atoms with Gasteiger partial charge < -0.3 is 15.0 Å². The Morgan fingerprint density at radius 1 is 1.44 bits per heavy atom. The second kappa shape index (κ2) is 6.15. The molecular formula is C12H21N3O3. The lowest BCUT2D eigenvalue weighted by Crippen LogP contribution is -2.58. The van der Waals surface area contributed by atoms with Crippen LogP contribution in [0.1, 0.15) is 12.8 Å². The maximum absolute atomic E-state index is 12.2. The monoisotopic (exact) mass is 255 g/mol. The first-order valence-corrected chi connectivity index (χ1v) is 6.49. The minimum atomic E-state index is -0.285. The normalized spacial score (nSPS) is 25.6. The van der Waals surface area contributed by atoms with E-state index in [1.807, 2.05) is 7.05 Å². The van der Waals surface area contributed by atoms with Crippen molar-refractivity contribution in [1.29, 1.82) is 0 Å². The Morgan fingerprint density at radius 2 is 2.17 bits per heavy atom. The predicted octanol–water partition coefficient (Wildman–Crippen LogP) is -1.04. The van der Waals surface area contributed by atoms with Crippen molar-refractivity contribution in [1.82, 2.24) is 15.5 Å². The Labute approximate surface area is 107 Å². The molecule has 102 valence electrons. The Hall–Kier alpha value is -1.14. The molecule has 2 saturated heterocycles. The van der Waals surface area contributed by atoms with Crippen LogP contribution >= 0.6 is 0 Å². The van der Waals surface area contributed by atoms with Crippen LogP contribution in [-0.2, 0) is 14.3 Å². The molecule has 2 heterocycles. The summed E-state index contributed by atoms with van der Waals surface area (Å²) in [5.74, 6) is 0.540. The van der Waals surface area contributed by atoms with Crippen LogP contribution in [0.5, 0.6) is 0 Å². The molecule has 2 aliphatic rings. The molecule has 2 N–H and O–H groups in total. The molecule has 0 aliphatic carbocycles. The summed E-state index contributed by atoms with van der Waals surface area (Å²) >= 11 is 0. The van der Waals surface area contributed by atoms with Gasteiger partial charge in [-0.2, -0.15) is 0 Å². The third-order valence-corrected chi connectivity index (χ3v) is 3.56. The maximum atomic E-state index is 12.2. The lowest BCUT2D eigenvalue weighted by molar-refractivity contribution is -0.134. The van der Waals surface area contributed by atoms with E-state index in [2.05, 4.69) is 10.6 Å². The number of ether oxygens (including phenoxy) is 1. The molecule has 0 saturated carbocycles. The Morgan fingerprint density at radius 3 is 2.78 bits per heavy atom. The summed E-state index contributed by atoms with van der Waals surface area (Å²) < 4.78 is 5.31. The largest absolute Gasteiger partial charge is 0.381 e. The third-order valence-electron chi connectivity index (χ3n) is 3.56. The standard InChI is InChI=1S/C12H21N3O3/c1-15(8-9-2-4-18-5-3-9)12(17)10-6-14-11(16)7-13-10/h9-10,13H,2-8H2,1H3,(H,14,16). The first-order chi connectivity index (χ1) is 8.66. The average Bonchev–Trinajstić information content (AvgIpc) is 2.40. The summed E-state index contributed by atoms with van der Waals surface area (Å²) in [7, 11) is 1.83. The van der Waals surface area contributed by atoms with Crippen LogP contribution in [0.15, 0.2) is 0 Å². The molecule has 1 atom stereocenters. The fourth-order valence-corrected chi connectivity index (χ4v) is 2.41. The fraction of sp³-hybridized carbons (Fsp3) is 0.833. The highest BCUT2D eigenvalue weighted by Gasteiger charge is 2.27. The first-order valence-electron chi connectivity index (χ1n) is 6.49. The van der Waals surface area contributed by atoms with Gasteiger partial charge in [0, 0.05) is 33.4 Å². The Kier molecular flexibility index (Phi) is 4.54. The van der Waals surface area contributed by atoms with Crippen LogP contribution < -0.4 is 10.6 Å². The zero-order chi connectivity index (χ0) is 13.0. The van der Waals surface area contributed by atoms with E-state index in [4.69, 9.17) is 4.74 Å². The summed E-state index contributed by atoms with van der Waals surface area (Å²) in [5, 5.41) is 5.66. The summed E-state index contributed by atoms with van der Waals surface area (Å²) in [5.41, 5.74) is 0. The summed E-state index contributed by atoms with van der Waals surface area (Å²) in [6, 6.07) is -0.285. The van der Waals surface area contributed by atoms with Crippen LogP contribution in [0.3, 0.4) is 0 Å². The minimum Gasteiger partial charge on any atom is -0.381 e. The predicted molar refractivity (Wildman–Crippen MR) is 66.0 cm³/mol. The molecule has 2 amide bonds. The van der Waals surface area contributed by atoms with Crippen LogP contribution in [0, 0.1) is 5.92 Å². The van der Waals surface area contributed by atoms with Crippen molar-refractivity contribution in [3.05, 3.63) is 0 Å². The second-order valence-electron chi connectivity index (χ2n) is 5.01. The number of carbonyl (C=O) groups excluding carboxylic acids is 2. The van der Waals surface area contributed by atoms with Gasteiger partial charge in [-0.15, -0.1) is 0 Å². The van der Waals surface area contributed by atoms with Crippen molar-refractivity contribution in [3.63, 3.8) is 0 Å². The smallest absolute Gasteiger partial charge is 0.241 e. The molecule has 0 bridgehead atoms. The van der Waals surface area contributed by atoms with E-state index < -0.39 is 0 Å². The van der Waals surface area contributed by atoms with Crippen molar-refractivity contribution in [3.8, 4) is 0 Å². The summed E-state index contributed by atoms with van der Waals surface area (Å²) in [4.78, 5) is 24.9. The lowest BCUT2D eigenvalue weighted by atomic mass is 9.99. The molecule has 0 aromatic carbocycles. The molecule has 18 heavy (non-hydrogen) atoms. The summed E-state index contributed by atoms with van der Waals surface area (Å²) in [6.07, 6.45) is 2.04. The molecular weight excluding hydrogens is 234 g/mol. The van der Waals surface area contributed by atoms with Gasteiger partial charge in [0.05, 0.1) is 6.54 Å². The SMILES string of the molecule is CN(CC1CCOCC1)C(=O)C1CNC(=O)CN1. The molecule has 0 spiro atoms. The van der Waals surface area contributed by atoms with E-state index in [0.29, 0.717) is 12.5 Å². The molecule has 2 rings (SSSR count). The zero-order valence-corrected chi connectivity index (χ0v) is 10.8. The number of carbonyl (C=O) groups is 2. The van der Waals surface area contributed by atoms with Crippen LogP contribution in [0.2, 0.25) is 0 Å². The average molecular weight is 255 g/mol. The zero-order valence-electron chi connectivity index (χ0n) is 10.8. The van der Waals surface area contributed by atoms with Crippen molar-refractivity contribution >= 4 is 11.8 Å². The van der Waals surface area contributed by atoms with Gasteiger partial charge in [-0.1, -0.05) is 0 Å². The second-order valence-corrected chi connectivity index (χ2v) is 5.01.